The summed E-state index contributed by atoms with van der Waals surface area (Å²) >= 11 is 0. The minimum atomic E-state index is -0.169. The second kappa shape index (κ2) is 8.21. The third-order valence-corrected chi connectivity index (χ3v) is 3.62. The van der Waals surface area contributed by atoms with E-state index in [1.54, 1.807) is 0 Å². The van der Waals surface area contributed by atoms with Crippen molar-refractivity contribution in [3.8, 4) is 0 Å². The lowest BCUT2D eigenvalue weighted by molar-refractivity contribution is -0.141. The van der Waals surface area contributed by atoms with Crippen molar-refractivity contribution >= 4 is 11.9 Å². The third kappa shape index (κ3) is 5.46. The van der Waals surface area contributed by atoms with Crippen molar-refractivity contribution in [3.05, 3.63) is 0 Å². The molecular weight excluding hydrogens is 258 g/mol. The fourth-order valence-corrected chi connectivity index (χ4v) is 2.30. The molecule has 0 aromatic carbocycles. The van der Waals surface area contributed by atoms with Gasteiger partial charge in [-0.1, -0.05) is 0 Å². The van der Waals surface area contributed by atoms with Crippen LogP contribution in [0.25, 0.3) is 0 Å². The third-order valence-electron chi connectivity index (χ3n) is 3.62. The van der Waals surface area contributed by atoms with E-state index in [-0.39, 0.29) is 24.0 Å². The van der Waals surface area contributed by atoms with Crippen LogP contribution in [0.4, 0.5) is 0 Å². The molecule has 1 N–H and O–H groups in total. The average molecular weight is 285 g/mol. The first-order valence-electron chi connectivity index (χ1n) is 7.27. The molecule has 0 bridgehead atoms. The van der Waals surface area contributed by atoms with Crippen LogP contribution in [0.5, 0.6) is 0 Å². The fraction of sp³-hybridized carbons (Fsp3) is 0.857. The van der Waals surface area contributed by atoms with Gasteiger partial charge in [0.2, 0.25) is 5.91 Å². The summed E-state index contributed by atoms with van der Waals surface area (Å²) in [5.74, 6) is -0.0832. The predicted molar refractivity (Wildman–Crippen MR) is 77.4 cm³/mol. The number of rotatable bonds is 6. The second-order valence-corrected chi connectivity index (χ2v) is 5.54. The van der Waals surface area contributed by atoms with Gasteiger partial charge in [0, 0.05) is 38.8 Å². The lowest BCUT2D eigenvalue weighted by atomic mass is 10.2. The Hall–Kier alpha value is -1.14. The first-order chi connectivity index (χ1) is 9.43. The summed E-state index contributed by atoms with van der Waals surface area (Å²) in [6.45, 7) is 10.1. The summed E-state index contributed by atoms with van der Waals surface area (Å²) < 4.78 is 4.64. The minimum Gasteiger partial charge on any atom is -0.469 e. The first kappa shape index (κ1) is 16.9. The number of piperazine rings is 1. The standard InChI is InChI=1S/C14H27N3O3/c1-11(2)15-14(19)12(3)17-9-7-16(8-10-17)6-5-13(18)20-4/h11-12H,5-10H2,1-4H3,(H,15,19). The molecule has 1 aliphatic heterocycles. The number of nitrogens with zero attached hydrogens (tertiary/aromatic N) is 2. The SMILES string of the molecule is COC(=O)CCN1CCN(C(C)C(=O)NC(C)C)CC1. The number of carbonyl (C=O) groups excluding carboxylic acids is 2. The van der Waals surface area contributed by atoms with E-state index in [1.165, 1.54) is 7.11 Å². The van der Waals surface area contributed by atoms with Crippen molar-refractivity contribution in [2.24, 2.45) is 0 Å². The van der Waals surface area contributed by atoms with Gasteiger partial charge >= 0.3 is 5.97 Å². The zero-order valence-corrected chi connectivity index (χ0v) is 13.0. The highest BCUT2D eigenvalue weighted by Crippen LogP contribution is 2.07. The van der Waals surface area contributed by atoms with Crippen LogP contribution in [-0.2, 0) is 14.3 Å². The van der Waals surface area contributed by atoms with Gasteiger partial charge in [-0.2, -0.15) is 0 Å². The highest BCUT2D eigenvalue weighted by atomic mass is 16.5. The van der Waals surface area contributed by atoms with E-state index in [2.05, 4.69) is 19.9 Å². The molecule has 1 fully saturated rings. The molecule has 1 aliphatic rings. The van der Waals surface area contributed by atoms with Gasteiger partial charge in [0.15, 0.2) is 0 Å². The minimum absolute atomic E-state index is 0.0861. The molecule has 1 saturated heterocycles. The quantitative estimate of drug-likeness (QED) is 0.700. The van der Waals surface area contributed by atoms with E-state index >= 15 is 0 Å². The highest BCUT2D eigenvalue weighted by Gasteiger charge is 2.25. The zero-order valence-electron chi connectivity index (χ0n) is 13.0. The highest BCUT2D eigenvalue weighted by molar-refractivity contribution is 5.81. The van der Waals surface area contributed by atoms with Crippen LogP contribution in [0.1, 0.15) is 27.2 Å². The van der Waals surface area contributed by atoms with E-state index in [0.717, 1.165) is 32.7 Å². The van der Waals surface area contributed by atoms with E-state index in [9.17, 15) is 9.59 Å². The molecule has 0 spiro atoms. The number of carbonyl (C=O) groups is 2. The van der Waals surface area contributed by atoms with Gasteiger partial charge < -0.3 is 15.0 Å². The van der Waals surface area contributed by atoms with Crippen LogP contribution in [0.15, 0.2) is 0 Å². The molecule has 0 aliphatic carbocycles. The Balaban J connectivity index is 2.30. The van der Waals surface area contributed by atoms with Crippen LogP contribution >= 0.6 is 0 Å². The molecule has 0 saturated carbocycles. The van der Waals surface area contributed by atoms with Crippen molar-refractivity contribution in [1.82, 2.24) is 15.1 Å². The lowest BCUT2D eigenvalue weighted by Crippen LogP contribution is -2.54. The van der Waals surface area contributed by atoms with Gasteiger partial charge in [0.1, 0.15) is 0 Å². The van der Waals surface area contributed by atoms with Crippen molar-refractivity contribution < 1.29 is 14.3 Å². The van der Waals surface area contributed by atoms with Crippen LogP contribution in [0.2, 0.25) is 0 Å². The van der Waals surface area contributed by atoms with Gasteiger partial charge in [-0.15, -0.1) is 0 Å². The monoisotopic (exact) mass is 285 g/mol. The molecular formula is C14H27N3O3. The number of methoxy groups -OCH3 is 1. The number of esters is 1. The van der Waals surface area contributed by atoms with Gasteiger partial charge in [0.25, 0.3) is 0 Å². The maximum Gasteiger partial charge on any atom is 0.306 e. The molecule has 0 aromatic heterocycles. The predicted octanol–water partition coefficient (Wildman–Crippen LogP) is 0.0802. The molecule has 0 radical (unpaired) electrons. The van der Waals surface area contributed by atoms with Crippen LogP contribution in [-0.4, -0.2) is 73.6 Å². The maximum absolute atomic E-state index is 12.0. The van der Waals surface area contributed by atoms with E-state index in [4.69, 9.17) is 0 Å². The molecule has 1 heterocycles. The Morgan fingerprint density at radius 1 is 1.15 bits per heavy atom. The molecule has 116 valence electrons. The van der Waals surface area contributed by atoms with E-state index in [1.807, 2.05) is 20.8 Å². The summed E-state index contributed by atoms with van der Waals surface area (Å²) in [5.41, 5.74) is 0. The molecule has 6 nitrogen and oxygen atoms in total. The second-order valence-electron chi connectivity index (χ2n) is 5.54. The maximum atomic E-state index is 12.0. The number of hydrogen-bond donors (Lipinski definition) is 1. The van der Waals surface area contributed by atoms with Crippen molar-refractivity contribution in [2.75, 3.05) is 39.8 Å². The molecule has 1 unspecified atom stereocenters. The summed E-state index contributed by atoms with van der Waals surface area (Å²) in [6, 6.07) is 0.0754. The summed E-state index contributed by atoms with van der Waals surface area (Å²) in [5, 5.41) is 2.94. The van der Waals surface area contributed by atoms with Gasteiger partial charge in [-0.05, 0) is 20.8 Å². The Labute approximate surface area is 121 Å². The van der Waals surface area contributed by atoms with Crippen LogP contribution in [0.3, 0.4) is 0 Å². The Morgan fingerprint density at radius 2 is 1.75 bits per heavy atom. The Morgan fingerprint density at radius 3 is 2.25 bits per heavy atom. The number of hydrogen-bond acceptors (Lipinski definition) is 5. The fourth-order valence-electron chi connectivity index (χ4n) is 2.30. The topological polar surface area (TPSA) is 61.9 Å². The Bertz CT molecular complexity index is 326. The molecule has 1 rings (SSSR count). The normalized spacial score (nSPS) is 18.9. The smallest absolute Gasteiger partial charge is 0.306 e. The van der Waals surface area contributed by atoms with Gasteiger partial charge in [0.05, 0.1) is 19.6 Å². The Kier molecular flexibility index (Phi) is 6.95. The molecule has 6 heteroatoms. The summed E-state index contributed by atoms with van der Waals surface area (Å²) in [4.78, 5) is 27.5. The molecule has 1 atom stereocenters. The zero-order chi connectivity index (χ0) is 15.1. The largest absolute Gasteiger partial charge is 0.469 e. The van der Waals surface area contributed by atoms with Crippen molar-refractivity contribution in [3.63, 3.8) is 0 Å². The van der Waals surface area contributed by atoms with E-state index < -0.39 is 0 Å². The molecule has 0 aromatic rings. The van der Waals surface area contributed by atoms with Gasteiger partial charge in [-0.25, -0.2) is 0 Å². The number of amides is 1. The summed E-state index contributed by atoms with van der Waals surface area (Å²) in [7, 11) is 1.41. The summed E-state index contributed by atoms with van der Waals surface area (Å²) in [6.07, 6.45) is 0.430. The van der Waals surface area contributed by atoms with Gasteiger partial charge in [-0.3, -0.25) is 14.5 Å². The number of ether oxygens (including phenoxy) is 1. The molecule has 20 heavy (non-hydrogen) atoms. The van der Waals surface area contributed by atoms with Crippen molar-refractivity contribution in [2.45, 2.75) is 39.3 Å². The van der Waals surface area contributed by atoms with Crippen molar-refractivity contribution in [1.29, 1.82) is 0 Å². The van der Waals surface area contributed by atoms with Crippen LogP contribution in [0, 0.1) is 0 Å². The van der Waals surface area contributed by atoms with Crippen LogP contribution < -0.4 is 5.32 Å². The molecule has 1 amide bonds. The van der Waals surface area contributed by atoms with E-state index in [0.29, 0.717) is 6.42 Å². The average Bonchev–Trinajstić information content (AvgIpc) is 2.43. The number of nitrogens with one attached hydrogen (secondary N) is 1. The lowest BCUT2D eigenvalue weighted by Gasteiger charge is -2.37. The first-order valence-corrected chi connectivity index (χ1v) is 7.27.